The summed E-state index contributed by atoms with van der Waals surface area (Å²) in [6, 6.07) is 5.36. The summed E-state index contributed by atoms with van der Waals surface area (Å²) in [5.41, 5.74) is 0.718. The fourth-order valence-corrected chi connectivity index (χ4v) is 1.99. The zero-order valence-electron chi connectivity index (χ0n) is 12.0. The molecule has 0 aliphatic rings. The molecule has 0 spiro atoms. The van der Waals surface area contributed by atoms with Crippen LogP contribution in [0.1, 0.15) is 29.6 Å². The Labute approximate surface area is 125 Å². The molecular formula is C14H14F3N5. The lowest BCUT2D eigenvalue weighted by atomic mass is 10.1. The smallest absolute Gasteiger partial charge is 0.366 e. The second-order valence-corrected chi connectivity index (χ2v) is 4.99. The average Bonchev–Trinajstić information content (AvgIpc) is 2.82. The summed E-state index contributed by atoms with van der Waals surface area (Å²) in [5.74, 6) is -0.0721. The van der Waals surface area contributed by atoms with Crippen LogP contribution in [-0.4, -0.2) is 21.2 Å². The van der Waals surface area contributed by atoms with Crippen LogP contribution in [0, 0.1) is 18.3 Å². The van der Waals surface area contributed by atoms with Crippen molar-refractivity contribution in [3.63, 3.8) is 0 Å². The van der Waals surface area contributed by atoms with Gasteiger partial charge in [0, 0.05) is 18.2 Å². The molecule has 0 saturated heterocycles. The van der Waals surface area contributed by atoms with Gasteiger partial charge in [-0.2, -0.15) is 23.5 Å². The highest BCUT2D eigenvalue weighted by Gasteiger charge is 2.33. The average molecular weight is 309 g/mol. The van der Waals surface area contributed by atoms with Gasteiger partial charge in [0.25, 0.3) is 0 Å². The maximum absolute atomic E-state index is 12.7. The molecule has 2 aromatic heterocycles. The molecule has 2 aromatic rings. The van der Waals surface area contributed by atoms with Gasteiger partial charge in [-0.15, -0.1) is 0 Å². The number of alkyl halides is 3. The number of aromatic amines is 1. The number of hydrogen-bond donors (Lipinski definition) is 2. The molecule has 0 aliphatic heterocycles. The molecule has 1 unspecified atom stereocenters. The minimum Gasteiger partial charge on any atom is -0.366 e. The molecule has 0 amide bonds. The lowest BCUT2D eigenvalue weighted by Gasteiger charge is -2.16. The van der Waals surface area contributed by atoms with E-state index in [4.69, 9.17) is 5.26 Å². The van der Waals surface area contributed by atoms with E-state index in [1.807, 2.05) is 19.1 Å². The van der Waals surface area contributed by atoms with E-state index in [0.717, 1.165) is 23.5 Å². The quantitative estimate of drug-likeness (QED) is 0.910. The number of aromatic nitrogens is 3. The molecule has 0 saturated carbocycles. The molecule has 0 fully saturated rings. The van der Waals surface area contributed by atoms with E-state index in [9.17, 15) is 13.2 Å². The monoisotopic (exact) mass is 309 g/mol. The summed E-state index contributed by atoms with van der Waals surface area (Å²) in [6.45, 7) is 3.64. The van der Waals surface area contributed by atoms with Gasteiger partial charge in [0.05, 0.1) is 11.3 Å². The highest BCUT2D eigenvalue weighted by Crippen LogP contribution is 2.29. The van der Waals surface area contributed by atoms with Gasteiger partial charge in [0.2, 0.25) is 0 Å². The number of hydrogen-bond acceptors (Lipinski definition) is 4. The standard InChI is InChI=1S/C14H14F3N5/c1-8(5-11-6-9(2)21-22-11)19-13-10(7-18)3-4-12(20-13)14(15,16)17/h3-4,6,8H,5H2,1-2H3,(H,19,20)(H,21,22). The fraction of sp³-hybridized carbons (Fsp3) is 0.357. The van der Waals surface area contributed by atoms with E-state index < -0.39 is 11.9 Å². The molecule has 8 heteroatoms. The van der Waals surface area contributed by atoms with Gasteiger partial charge in [0.15, 0.2) is 0 Å². The van der Waals surface area contributed by atoms with E-state index in [1.54, 1.807) is 6.92 Å². The van der Waals surface area contributed by atoms with Crippen LogP contribution >= 0.6 is 0 Å². The first-order valence-electron chi connectivity index (χ1n) is 6.55. The Hall–Kier alpha value is -2.56. The van der Waals surface area contributed by atoms with Crippen molar-refractivity contribution in [1.82, 2.24) is 15.2 Å². The maximum atomic E-state index is 12.7. The van der Waals surface area contributed by atoms with Gasteiger partial charge in [-0.05, 0) is 32.0 Å². The van der Waals surface area contributed by atoms with Crippen LogP contribution in [0.25, 0.3) is 0 Å². The minimum atomic E-state index is -4.55. The van der Waals surface area contributed by atoms with E-state index in [2.05, 4.69) is 20.5 Å². The Balaban J connectivity index is 2.18. The van der Waals surface area contributed by atoms with Crippen molar-refractivity contribution in [2.75, 3.05) is 5.32 Å². The van der Waals surface area contributed by atoms with Crippen molar-refractivity contribution in [2.24, 2.45) is 0 Å². The van der Waals surface area contributed by atoms with Gasteiger partial charge in [0.1, 0.15) is 17.6 Å². The van der Waals surface area contributed by atoms with Crippen molar-refractivity contribution in [2.45, 2.75) is 32.5 Å². The number of H-pyrrole nitrogens is 1. The number of anilines is 1. The SMILES string of the molecule is Cc1cc(CC(C)Nc2nc(C(F)(F)F)ccc2C#N)n[nH]1. The first-order chi connectivity index (χ1) is 10.3. The molecule has 2 rings (SSSR count). The van der Waals surface area contributed by atoms with Crippen LogP contribution < -0.4 is 5.32 Å². The number of aryl methyl sites for hydroxylation is 1. The predicted octanol–water partition coefficient (Wildman–Crippen LogP) is 3.05. The number of pyridine rings is 1. The Kier molecular flexibility index (Phi) is 4.35. The summed E-state index contributed by atoms with van der Waals surface area (Å²) in [5, 5.41) is 18.7. The third-order valence-corrected chi connectivity index (χ3v) is 2.96. The molecular weight excluding hydrogens is 295 g/mol. The summed E-state index contributed by atoms with van der Waals surface area (Å²) < 4.78 is 38.1. The zero-order valence-corrected chi connectivity index (χ0v) is 12.0. The van der Waals surface area contributed by atoms with E-state index in [0.29, 0.717) is 6.42 Å². The van der Waals surface area contributed by atoms with Crippen molar-refractivity contribution in [1.29, 1.82) is 5.26 Å². The molecule has 1 atom stereocenters. The lowest BCUT2D eigenvalue weighted by molar-refractivity contribution is -0.141. The molecule has 0 aromatic carbocycles. The Morgan fingerprint density at radius 2 is 2.14 bits per heavy atom. The lowest BCUT2D eigenvalue weighted by Crippen LogP contribution is -2.21. The molecule has 116 valence electrons. The maximum Gasteiger partial charge on any atom is 0.433 e. The Bertz CT molecular complexity index is 699. The van der Waals surface area contributed by atoms with Crippen LogP contribution in [0.15, 0.2) is 18.2 Å². The predicted molar refractivity (Wildman–Crippen MR) is 74.1 cm³/mol. The summed E-state index contributed by atoms with van der Waals surface area (Å²) >= 11 is 0. The van der Waals surface area contributed by atoms with Crippen molar-refractivity contribution in [3.05, 3.63) is 40.8 Å². The van der Waals surface area contributed by atoms with Gasteiger partial charge in [-0.1, -0.05) is 0 Å². The van der Waals surface area contributed by atoms with E-state index >= 15 is 0 Å². The van der Waals surface area contributed by atoms with Crippen molar-refractivity contribution >= 4 is 5.82 Å². The normalized spacial score (nSPS) is 12.7. The van der Waals surface area contributed by atoms with Gasteiger partial charge >= 0.3 is 6.18 Å². The van der Waals surface area contributed by atoms with E-state index in [1.165, 1.54) is 0 Å². The second kappa shape index (κ2) is 6.05. The number of nitrogens with zero attached hydrogens (tertiary/aromatic N) is 3. The first-order valence-corrected chi connectivity index (χ1v) is 6.55. The zero-order chi connectivity index (χ0) is 16.3. The summed E-state index contributed by atoms with van der Waals surface area (Å²) in [7, 11) is 0. The third-order valence-electron chi connectivity index (χ3n) is 2.96. The van der Waals surface area contributed by atoms with Crippen molar-refractivity contribution < 1.29 is 13.2 Å². The molecule has 2 heterocycles. The number of rotatable bonds is 4. The highest BCUT2D eigenvalue weighted by molar-refractivity contribution is 5.53. The molecule has 5 nitrogen and oxygen atoms in total. The minimum absolute atomic E-state index is 0.0676. The number of nitriles is 1. The van der Waals surface area contributed by atoms with Crippen LogP contribution in [0.2, 0.25) is 0 Å². The van der Waals surface area contributed by atoms with Crippen LogP contribution in [0.4, 0.5) is 19.0 Å². The van der Waals surface area contributed by atoms with Crippen LogP contribution in [-0.2, 0) is 12.6 Å². The molecule has 0 radical (unpaired) electrons. The first kappa shape index (κ1) is 15.8. The van der Waals surface area contributed by atoms with Gasteiger partial charge < -0.3 is 5.32 Å². The largest absolute Gasteiger partial charge is 0.433 e. The fourth-order valence-electron chi connectivity index (χ4n) is 1.99. The van der Waals surface area contributed by atoms with E-state index in [-0.39, 0.29) is 17.4 Å². The van der Waals surface area contributed by atoms with Crippen molar-refractivity contribution in [3.8, 4) is 6.07 Å². The molecule has 22 heavy (non-hydrogen) atoms. The van der Waals surface area contributed by atoms with Crippen LogP contribution in [0.5, 0.6) is 0 Å². The van der Waals surface area contributed by atoms with Gasteiger partial charge in [-0.3, -0.25) is 5.10 Å². The molecule has 0 aliphatic carbocycles. The molecule has 2 N–H and O–H groups in total. The second-order valence-electron chi connectivity index (χ2n) is 4.99. The highest BCUT2D eigenvalue weighted by atomic mass is 19.4. The summed E-state index contributed by atoms with van der Waals surface area (Å²) in [6.07, 6.45) is -4.06. The number of halogens is 3. The third kappa shape index (κ3) is 3.75. The Morgan fingerprint density at radius 1 is 1.41 bits per heavy atom. The topological polar surface area (TPSA) is 77.4 Å². The van der Waals surface area contributed by atoms with Crippen LogP contribution in [0.3, 0.4) is 0 Å². The van der Waals surface area contributed by atoms with Gasteiger partial charge in [-0.25, -0.2) is 4.98 Å². The summed E-state index contributed by atoms with van der Waals surface area (Å²) in [4.78, 5) is 3.51. The Morgan fingerprint density at radius 3 is 2.68 bits per heavy atom. The molecule has 0 bridgehead atoms. The number of nitrogens with one attached hydrogen (secondary N) is 2.